The van der Waals surface area contributed by atoms with Gasteiger partial charge < -0.3 is 13.8 Å². The Morgan fingerprint density at radius 2 is 2.08 bits per heavy atom. The quantitative estimate of drug-likeness (QED) is 0.229. The average Bonchev–Trinajstić information content (AvgIpc) is 3.61. The van der Waals surface area contributed by atoms with Gasteiger partial charge in [0.1, 0.15) is 22.8 Å². The van der Waals surface area contributed by atoms with Crippen molar-refractivity contribution >= 4 is 56.6 Å². The number of halogens is 2. The number of aryl methyl sites for hydroxylation is 2. The molecule has 0 radical (unpaired) electrons. The van der Waals surface area contributed by atoms with E-state index in [2.05, 4.69) is 10.1 Å². The Balaban J connectivity index is 0.00000304. The van der Waals surface area contributed by atoms with Crippen LogP contribution >= 0.6 is 35.3 Å². The minimum atomic E-state index is -0.240. The first-order valence-electron chi connectivity index (χ1n) is 11.0. The Hall–Kier alpha value is -3.40. The van der Waals surface area contributed by atoms with Gasteiger partial charge in [-0.25, -0.2) is 9.97 Å². The highest BCUT2D eigenvalue weighted by atomic mass is 35.5. The van der Waals surface area contributed by atoms with Gasteiger partial charge in [-0.15, -0.1) is 12.4 Å². The number of amides is 1. The van der Waals surface area contributed by atoms with Crippen LogP contribution in [0.2, 0.25) is 5.02 Å². The second kappa shape index (κ2) is 11.1. The second-order valence-electron chi connectivity index (χ2n) is 7.88. The van der Waals surface area contributed by atoms with Crippen LogP contribution in [0.1, 0.15) is 22.5 Å². The predicted molar refractivity (Wildman–Crippen MR) is 144 cm³/mol. The van der Waals surface area contributed by atoms with Gasteiger partial charge in [0.2, 0.25) is 0 Å². The van der Waals surface area contributed by atoms with Gasteiger partial charge in [0.15, 0.2) is 5.13 Å². The number of benzene rings is 2. The molecule has 5 rings (SSSR count). The molecule has 186 valence electrons. The van der Waals surface area contributed by atoms with Gasteiger partial charge in [0, 0.05) is 31.0 Å². The maximum absolute atomic E-state index is 14.0. The third-order valence-corrected chi connectivity index (χ3v) is 6.99. The molecule has 1 amide bonds. The lowest BCUT2D eigenvalue weighted by Crippen LogP contribution is -2.33. The van der Waals surface area contributed by atoms with Crippen molar-refractivity contribution in [1.29, 1.82) is 0 Å². The summed E-state index contributed by atoms with van der Waals surface area (Å²) in [7, 11) is 1.62. The number of ether oxygens (including phenoxy) is 1. The SMILES string of the molecule is COc1ccc2nc(N(CCCn3ccnc3)C(=O)c3c(-c4ccccc4Cl)noc3C)sc2c1.Cl. The van der Waals surface area contributed by atoms with Gasteiger partial charge in [0.05, 0.1) is 28.7 Å². The Bertz CT molecular complexity index is 1480. The van der Waals surface area contributed by atoms with E-state index in [0.717, 1.165) is 16.0 Å². The molecule has 3 heterocycles. The molecule has 0 fully saturated rings. The normalized spacial score (nSPS) is 10.9. The number of carbonyl (C=O) groups excluding carboxylic acids is 1. The standard InChI is InChI=1S/C25H22ClN5O3S.ClH/c1-16-22(23(29-34-16)18-6-3-4-7-19(18)26)24(32)31(12-5-11-30-13-10-27-15-30)25-28-20-9-8-17(33-2)14-21(20)35-25;/h3-4,6-10,13-15H,5,11-12H2,1-2H3;1H. The molecule has 2 aromatic carbocycles. The fourth-order valence-electron chi connectivity index (χ4n) is 3.85. The van der Waals surface area contributed by atoms with Crippen LogP contribution in [0.3, 0.4) is 0 Å². The molecular weight excluding hydrogens is 521 g/mol. The molecular formula is C25H23Cl2N5O3S. The maximum atomic E-state index is 14.0. The first-order chi connectivity index (χ1) is 17.0. The van der Waals surface area contributed by atoms with E-state index in [1.807, 2.05) is 47.2 Å². The van der Waals surface area contributed by atoms with Crippen molar-refractivity contribution in [3.05, 3.63) is 77.5 Å². The van der Waals surface area contributed by atoms with Crippen LogP contribution < -0.4 is 9.64 Å². The van der Waals surface area contributed by atoms with Gasteiger partial charge >= 0.3 is 0 Å². The minimum absolute atomic E-state index is 0. The summed E-state index contributed by atoms with van der Waals surface area (Å²) in [6.45, 7) is 2.89. The molecule has 0 N–H and O–H groups in total. The number of carbonyl (C=O) groups is 1. The molecule has 11 heteroatoms. The largest absolute Gasteiger partial charge is 0.497 e. The number of imidazole rings is 1. The summed E-state index contributed by atoms with van der Waals surface area (Å²) >= 11 is 7.86. The molecule has 5 aromatic rings. The second-order valence-corrected chi connectivity index (χ2v) is 9.30. The summed E-state index contributed by atoms with van der Waals surface area (Å²) in [5.74, 6) is 0.921. The number of aromatic nitrogens is 4. The number of hydrogen-bond acceptors (Lipinski definition) is 7. The van der Waals surface area contributed by atoms with Crippen molar-refractivity contribution in [3.63, 3.8) is 0 Å². The van der Waals surface area contributed by atoms with Crippen LogP contribution in [0.15, 0.2) is 65.7 Å². The third kappa shape index (κ3) is 5.09. The topological polar surface area (TPSA) is 86.3 Å². The van der Waals surface area contributed by atoms with E-state index < -0.39 is 0 Å². The molecule has 36 heavy (non-hydrogen) atoms. The minimum Gasteiger partial charge on any atom is -0.497 e. The van der Waals surface area contributed by atoms with Crippen LogP contribution in [0.5, 0.6) is 5.75 Å². The smallest absolute Gasteiger partial charge is 0.265 e. The number of thiazole rings is 1. The fraction of sp³-hybridized carbons (Fsp3) is 0.200. The highest BCUT2D eigenvalue weighted by Gasteiger charge is 2.29. The van der Waals surface area contributed by atoms with Crippen molar-refractivity contribution in [1.82, 2.24) is 19.7 Å². The van der Waals surface area contributed by atoms with Gasteiger partial charge in [-0.3, -0.25) is 9.69 Å². The van der Waals surface area contributed by atoms with Crippen LogP contribution in [0, 0.1) is 6.92 Å². The van der Waals surface area contributed by atoms with Crippen LogP contribution in [0.4, 0.5) is 5.13 Å². The lowest BCUT2D eigenvalue weighted by atomic mass is 10.1. The molecule has 3 aromatic heterocycles. The first kappa shape index (κ1) is 25.7. The number of methoxy groups -OCH3 is 1. The zero-order valence-corrected chi connectivity index (χ0v) is 21.9. The summed E-state index contributed by atoms with van der Waals surface area (Å²) in [5.41, 5.74) is 2.23. The zero-order valence-electron chi connectivity index (χ0n) is 19.6. The van der Waals surface area contributed by atoms with E-state index >= 15 is 0 Å². The molecule has 8 nitrogen and oxygen atoms in total. The highest BCUT2D eigenvalue weighted by molar-refractivity contribution is 7.22. The summed E-state index contributed by atoms with van der Waals surface area (Å²) in [5, 5.41) is 5.26. The lowest BCUT2D eigenvalue weighted by Gasteiger charge is -2.20. The Kier molecular flexibility index (Phi) is 7.93. The molecule has 0 spiro atoms. The van der Waals surface area contributed by atoms with E-state index in [1.165, 1.54) is 11.3 Å². The molecule has 0 saturated heterocycles. The number of nitrogens with zero attached hydrogens (tertiary/aromatic N) is 5. The highest BCUT2D eigenvalue weighted by Crippen LogP contribution is 2.35. The van der Waals surface area contributed by atoms with E-state index in [4.69, 9.17) is 25.8 Å². The van der Waals surface area contributed by atoms with Crippen molar-refractivity contribution in [2.45, 2.75) is 19.9 Å². The summed E-state index contributed by atoms with van der Waals surface area (Å²) in [6.07, 6.45) is 6.10. The van der Waals surface area contributed by atoms with E-state index in [1.54, 1.807) is 37.5 Å². The van der Waals surface area contributed by atoms with Gasteiger partial charge in [-0.2, -0.15) is 0 Å². The van der Waals surface area contributed by atoms with Crippen LogP contribution in [-0.2, 0) is 6.54 Å². The number of fused-ring (bicyclic) bond motifs is 1. The number of anilines is 1. The Morgan fingerprint density at radius 1 is 1.25 bits per heavy atom. The third-order valence-electron chi connectivity index (χ3n) is 5.62. The van der Waals surface area contributed by atoms with Gasteiger partial charge in [-0.05, 0) is 37.6 Å². The van der Waals surface area contributed by atoms with E-state index in [0.29, 0.717) is 52.2 Å². The van der Waals surface area contributed by atoms with E-state index in [-0.39, 0.29) is 18.3 Å². The van der Waals surface area contributed by atoms with Crippen molar-refractivity contribution in [3.8, 4) is 17.0 Å². The van der Waals surface area contributed by atoms with Crippen molar-refractivity contribution in [2.24, 2.45) is 0 Å². The maximum Gasteiger partial charge on any atom is 0.265 e. The molecule has 0 bridgehead atoms. The van der Waals surface area contributed by atoms with Crippen LogP contribution in [0.25, 0.3) is 21.5 Å². The molecule has 0 aliphatic carbocycles. The Labute approximate surface area is 222 Å². The summed E-state index contributed by atoms with van der Waals surface area (Å²) in [6, 6.07) is 12.9. The molecule has 0 aliphatic heterocycles. The van der Waals surface area contributed by atoms with Gasteiger partial charge in [0.25, 0.3) is 5.91 Å². The van der Waals surface area contributed by atoms with Gasteiger partial charge in [-0.1, -0.05) is 46.3 Å². The molecule has 0 aliphatic rings. The zero-order chi connectivity index (χ0) is 24.4. The number of hydrogen-bond donors (Lipinski definition) is 0. The summed E-state index contributed by atoms with van der Waals surface area (Å²) < 4.78 is 13.7. The van der Waals surface area contributed by atoms with Crippen molar-refractivity contribution < 1.29 is 14.1 Å². The monoisotopic (exact) mass is 543 g/mol. The van der Waals surface area contributed by atoms with Crippen LogP contribution in [-0.4, -0.2) is 39.3 Å². The fourth-order valence-corrected chi connectivity index (χ4v) is 5.09. The summed E-state index contributed by atoms with van der Waals surface area (Å²) in [4.78, 5) is 24.6. The average molecular weight is 544 g/mol. The molecule has 0 saturated carbocycles. The Morgan fingerprint density at radius 3 is 2.83 bits per heavy atom. The van der Waals surface area contributed by atoms with E-state index in [9.17, 15) is 4.79 Å². The lowest BCUT2D eigenvalue weighted by molar-refractivity contribution is 0.0985. The number of rotatable bonds is 8. The molecule has 0 unspecified atom stereocenters. The van der Waals surface area contributed by atoms with Crippen molar-refractivity contribution in [2.75, 3.05) is 18.6 Å². The molecule has 0 atom stereocenters. The first-order valence-corrected chi connectivity index (χ1v) is 12.2. The predicted octanol–water partition coefficient (Wildman–Crippen LogP) is 6.28.